The monoisotopic (exact) mass is 286 g/mol. The highest BCUT2D eigenvalue weighted by atomic mass is 79.9. The van der Waals surface area contributed by atoms with Gasteiger partial charge in [0, 0.05) is 10.9 Å². The van der Waals surface area contributed by atoms with Gasteiger partial charge in [0.2, 0.25) is 0 Å². The van der Waals surface area contributed by atoms with Gasteiger partial charge in [-0.3, -0.25) is 0 Å². The minimum absolute atomic E-state index is 0.0185. The second-order valence-electron chi connectivity index (χ2n) is 3.36. The summed E-state index contributed by atoms with van der Waals surface area (Å²) in [4.78, 5) is 5.55. The molecule has 0 aliphatic rings. The van der Waals surface area contributed by atoms with Crippen molar-refractivity contribution in [3.05, 3.63) is 27.4 Å². The molecule has 3 nitrogen and oxygen atoms in total. The van der Waals surface area contributed by atoms with Crippen LogP contribution in [0.25, 0.3) is 10.8 Å². The van der Waals surface area contributed by atoms with Crippen molar-refractivity contribution < 1.29 is 4.42 Å². The van der Waals surface area contributed by atoms with Crippen molar-refractivity contribution in [3.63, 3.8) is 0 Å². The number of nitrogens with zero attached hydrogens (tertiary/aromatic N) is 1. The Kier molecular flexibility index (Phi) is 2.95. The van der Waals surface area contributed by atoms with Gasteiger partial charge < -0.3 is 10.2 Å². The summed E-state index contributed by atoms with van der Waals surface area (Å²) in [6.07, 6.45) is 1.64. The average Bonchev–Trinajstić information content (AvgIpc) is 2.71. The molecule has 0 radical (unpaired) electrons. The molecule has 2 aromatic heterocycles. The van der Waals surface area contributed by atoms with Gasteiger partial charge >= 0.3 is 0 Å². The number of furan rings is 1. The average molecular weight is 287 g/mol. The highest BCUT2D eigenvalue weighted by Gasteiger charge is 2.16. The maximum atomic E-state index is 5.85. The van der Waals surface area contributed by atoms with Gasteiger partial charge in [0.25, 0.3) is 0 Å². The highest BCUT2D eigenvalue weighted by Crippen LogP contribution is 2.35. The SMILES string of the molecule is Cc1nc(-c2occc2Br)sc1C(C)N. The predicted octanol–water partition coefficient (Wildman–Crippen LogP) is 3.49. The maximum Gasteiger partial charge on any atom is 0.176 e. The molecule has 0 aromatic carbocycles. The van der Waals surface area contributed by atoms with E-state index in [1.54, 1.807) is 17.6 Å². The van der Waals surface area contributed by atoms with Crippen molar-refractivity contribution in [1.29, 1.82) is 0 Å². The molecule has 2 heterocycles. The van der Waals surface area contributed by atoms with Gasteiger partial charge in [-0.2, -0.15) is 0 Å². The van der Waals surface area contributed by atoms with E-state index in [4.69, 9.17) is 10.2 Å². The van der Waals surface area contributed by atoms with Crippen LogP contribution in [0, 0.1) is 6.92 Å². The van der Waals surface area contributed by atoms with Gasteiger partial charge in [-0.25, -0.2) is 4.98 Å². The van der Waals surface area contributed by atoms with Crippen LogP contribution in [0.15, 0.2) is 21.2 Å². The van der Waals surface area contributed by atoms with Crippen molar-refractivity contribution in [2.45, 2.75) is 19.9 Å². The molecule has 0 saturated heterocycles. The van der Waals surface area contributed by atoms with E-state index >= 15 is 0 Å². The van der Waals surface area contributed by atoms with Crippen LogP contribution in [0.3, 0.4) is 0 Å². The molecule has 0 aliphatic heterocycles. The second-order valence-corrected chi connectivity index (χ2v) is 5.24. The van der Waals surface area contributed by atoms with Crippen LogP contribution in [0.5, 0.6) is 0 Å². The fourth-order valence-electron chi connectivity index (χ4n) is 1.37. The summed E-state index contributed by atoms with van der Waals surface area (Å²) in [5.41, 5.74) is 6.83. The minimum Gasteiger partial charge on any atom is -0.461 e. The molecule has 2 N–H and O–H groups in total. The minimum atomic E-state index is 0.0185. The Morgan fingerprint density at radius 1 is 1.60 bits per heavy atom. The lowest BCUT2D eigenvalue weighted by molar-refractivity contribution is 0.580. The number of rotatable bonds is 2. The Labute approximate surface area is 100 Å². The lowest BCUT2D eigenvalue weighted by atomic mass is 10.2. The standard InChI is InChI=1S/C10H11BrN2OS/c1-5(12)9-6(2)13-10(15-9)8-7(11)3-4-14-8/h3-5H,12H2,1-2H3. The van der Waals surface area contributed by atoms with E-state index in [-0.39, 0.29) is 6.04 Å². The van der Waals surface area contributed by atoms with Gasteiger partial charge in [-0.05, 0) is 35.8 Å². The Morgan fingerprint density at radius 2 is 2.33 bits per heavy atom. The van der Waals surface area contributed by atoms with Crippen molar-refractivity contribution in [2.75, 3.05) is 0 Å². The molecule has 1 atom stereocenters. The molecule has 0 aliphatic carbocycles. The van der Waals surface area contributed by atoms with Gasteiger partial charge in [-0.15, -0.1) is 11.3 Å². The largest absolute Gasteiger partial charge is 0.461 e. The smallest absolute Gasteiger partial charge is 0.176 e. The van der Waals surface area contributed by atoms with Gasteiger partial charge in [0.05, 0.1) is 16.4 Å². The molecule has 0 bridgehead atoms. The van der Waals surface area contributed by atoms with E-state index in [0.717, 1.165) is 25.8 Å². The Hall–Kier alpha value is -0.650. The number of nitrogens with two attached hydrogens (primary N) is 1. The molecule has 0 amide bonds. The van der Waals surface area contributed by atoms with Crippen molar-refractivity contribution in [1.82, 2.24) is 4.98 Å². The molecule has 2 rings (SSSR count). The molecule has 2 aromatic rings. The zero-order valence-corrected chi connectivity index (χ0v) is 10.9. The summed E-state index contributed by atoms with van der Waals surface area (Å²) in [7, 11) is 0. The quantitative estimate of drug-likeness (QED) is 0.919. The van der Waals surface area contributed by atoms with Crippen LogP contribution in [0.2, 0.25) is 0 Å². The first-order chi connectivity index (χ1) is 7.09. The molecular weight excluding hydrogens is 276 g/mol. The molecule has 80 valence electrons. The van der Waals surface area contributed by atoms with E-state index in [2.05, 4.69) is 20.9 Å². The third-order valence-corrected chi connectivity index (χ3v) is 4.04. The summed E-state index contributed by atoms with van der Waals surface area (Å²) >= 11 is 5.00. The Bertz CT molecular complexity index is 475. The Morgan fingerprint density at radius 3 is 2.80 bits per heavy atom. The van der Waals surface area contributed by atoms with Crippen molar-refractivity contribution in [3.8, 4) is 10.8 Å². The van der Waals surface area contributed by atoms with E-state index in [1.807, 2.05) is 19.9 Å². The summed E-state index contributed by atoms with van der Waals surface area (Å²) in [5.74, 6) is 0.773. The summed E-state index contributed by atoms with van der Waals surface area (Å²) in [6, 6.07) is 1.88. The summed E-state index contributed by atoms with van der Waals surface area (Å²) in [5, 5.41) is 0.872. The molecular formula is C10H11BrN2OS. The molecule has 0 saturated carbocycles. The zero-order chi connectivity index (χ0) is 11.0. The summed E-state index contributed by atoms with van der Waals surface area (Å²) in [6.45, 7) is 3.93. The molecule has 0 spiro atoms. The first-order valence-corrected chi connectivity index (χ1v) is 6.17. The van der Waals surface area contributed by atoms with Crippen LogP contribution in [-0.2, 0) is 0 Å². The van der Waals surface area contributed by atoms with E-state index in [1.165, 1.54) is 0 Å². The van der Waals surface area contributed by atoms with E-state index < -0.39 is 0 Å². The van der Waals surface area contributed by atoms with Crippen molar-refractivity contribution in [2.24, 2.45) is 5.73 Å². The van der Waals surface area contributed by atoms with E-state index in [9.17, 15) is 0 Å². The second kappa shape index (κ2) is 4.08. The number of hydrogen-bond acceptors (Lipinski definition) is 4. The fraction of sp³-hybridized carbons (Fsp3) is 0.300. The van der Waals surface area contributed by atoms with Crippen molar-refractivity contribution >= 4 is 27.3 Å². The molecule has 0 fully saturated rings. The van der Waals surface area contributed by atoms with Crippen LogP contribution in [-0.4, -0.2) is 4.98 Å². The topological polar surface area (TPSA) is 52.0 Å². The van der Waals surface area contributed by atoms with Gasteiger partial charge in [-0.1, -0.05) is 0 Å². The predicted molar refractivity (Wildman–Crippen MR) is 64.9 cm³/mol. The van der Waals surface area contributed by atoms with Gasteiger partial charge in [0.1, 0.15) is 0 Å². The lowest BCUT2D eigenvalue weighted by Gasteiger charge is -1.99. The normalized spacial score (nSPS) is 13.1. The third kappa shape index (κ3) is 2.00. The number of hydrogen-bond donors (Lipinski definition) is 1. The molecule has 1 unspecified atom stereocenters. The number of aryl methyl sites for hydroxylation is 1. The molecule has 15 heavy (non-hydrogen) atoms. The van der Waals surface area contributed by atoms with Crippen LogP contribution in [0.4, 0.5) is 0 Å². The number of thiazole rings is 1. The first-order valence-electron chi connectivity index (χ1n) is 4.56. The molecule has 5 heteroatoms. The van der Waals surface area contributed by atoms with Crippen LogP contribution >= 0.6 is 27.3 Å². The van der Waals surface area contributed by atoms with Crippen LogP contribution < -0.4 is 5.73 Å². The Balaban J connectivity index is 2.47. The fourth-order valence-corrected chi connectivity index (χ4v) is 2.92. The van der Waals surface area contributed by atoms with Gasteiger partial charge in [0.15, 0.2) is 10.8 Å². The highest BCUT2D eigenvalue weighted by molar-refractivity contribution is 9.10. The number of aromatic nitrogens is 1. The summed E-state index contributed by atoms with van der Waals surface area (Å²) < 4.78 is 6.28. The first kappa shape index (κ1) is 10.9. The lowest BCUT2D eigenvalue weighted by Crippen LogP contribution is -2.03. The number of halogens is 1. The van der Waals surface area contributed by atoms with E-state index in [0.29, 0.717) is 0 Å². The zero-order valence-electron chi connectivity index (χ0n) is 8.45. The maximum absolute atomic E-state index is 5.85. The van der Waals surface area contributed by atoms with Crippen LogP contribution in [0.1, 0.15) is 23.5 Å². The third-order valence-electron chi connectivity index (χ3n) is 2.06.